The number of aliphatic hydroxyl groups is 2. The Morgan fingerprint density at radius 2 is 2.12 bits per heavy atom. The fourth-order valence-corrected chi connectivity index (χ4v) is 3.54. The summed E-state index contributed by atoms with van der Waals surface area (Å²) in [4.78, 5) is 0. The minimum absolute atomic E-state index is 0.0705. The van der Waals surface area contributed by atoms with E-state index in [0.717, 1.165) is 18.4 Å². The van der Waals surface area contributed by atoms with E-state index in [2.05, 4.69) is 33.4 Å². The van der Waals surface area contributed by atoms with E-state index in [4.69, 9.17) is 0 Å². The third kappa shape index (κ3) is 1.98. The quantitative estimate of drug-likeness (QED) is 0.687. The van der Waals surface area contributed by atoms with Crippen LogP contribution in [0.3, 0.4) is 0 Å². The van der Waals surface area contributed by atoms with Gasteiger partial charge in [-0.2, -0.15) is 0 Å². The molecule has 0 aromatic carbocycles. The highest BCUT2D eigenvalue weighted by Crippen LogP contribution is 2.52. The van der Waals surface area contributed by atoms with Crippen LogP contribution in [0.5, 0.6) is 0 Å². The van der Waals surface area contributed by atoms with Crippen molar-refractivity contribution >= 4 is 0 Å². The van der Waals surface area contributed by atoms with E-state index in [0.29, 0.717) is 12.3 Å². The topological polar surface area (TPSA) is 40.5 Å². The summed E-state index contributed by atoms with van der Waals surface area (Å²) in [7, 11) is 0. The molecule has 0 aliphatic heterocycles. The summed E-state index contributed by atoms with van der Waals surface area (Å²) in [6.07, 6.45) is 3.81. The molecule has 0 radical (unpaired) electrons. The lowest BCUT2D eigenvalue weighted by molar-refractivity contribution is -0.0349. The van der Waals surface area contributed by atoms with Crippen molar-refractivity contribution in [1.82, 2.24) is 0 Å². The van der Waals surface area contributed by atoms with E-state index in [-0.39, 0.29) is 11.3 Å². The van der Waals surface area contributed by atoms with E-state index in [1.165, 1.54) is 5.57 Å². The van der Waals surface area contributed by atoms with Gasteiger partial charge in [-0.15, -0.1) is 0 Å². The highest BCUT2D eigenvalue weighted by atomic mass is 16.3. The van der Waals surface area contributed by atoms with Crippen molar-refractivity contribution in [3.05, 3.63) is 23.8 Å². The Labute approximate surface area is 104 Å². The molecule has 0 bridgehead atoms. The third-order valence-corrected chi connectivity index (χ3v) is 5.06. The first kappa shape index (κ1) is 12.8. The second-order valence-electron chi connectivity index (χ2n) is 6.17. The third-order valence-electron chi connectivity index (χ3n) is 5.06. The van der Waals surface area contributed by atoms with Crippen LogP contribution in [0.2, 0.25) is 0 Å². The summed E-state index contributed by atoms with van der Waals surface area (Å²) in [5, 5.41) is 20.2. The van der Waals surface area contributed by atoms with Crippen molar-refractivity contribution < 1.29 is 10.2 Å². The van der Waals surface area contributed by atoms with Gasteiger partial charge in [-0.3, -0.25) is 0 Å². The molecule has 2 nitrogen and oxygen atoms in total. The normalized spacial score (nSPS) is 46.1. The zero-order valence-electron chi connectivity index (χ0n) is 11.1. The predicted molar refractivity (Wildman–Crippen MR) is 69.5 cm³/mol. The summed E-state index contributed by atoms with van der Waals surface area (Å²) in [5.74, 6) is 0.697. The van der Waals surface area contributed by atoms with Gasteiger partial charge in [0.05, 0.1) is 12.2 Å². The van der Waals surface area contributed by atoms with Crippen LogP contribution in [-0.2, 0) is 0 Å². The van der Waals surface area contributed by atoms with Crippen molar-refractivity contribution in [1.29, 1.82) is 0 Å². The van der Waals surface area contributed by atoms with Crippen LogP contribution in [0.4, 0.5) is 0 Å². The molecule has 5 atom stereocenters. The Kier molecular flexibility index (Phi) is 3.21. The van der Waals surface area contributed by atoms with Gasteiger partial charge in [-0.1, -0.05) is 32.1 Å². The van der Waals surface area contributed by atoms with Crippen molar-refractivity contribution in [2.75, 3.05) is 0 Å². The maximum absolute atomic E-state index is 10.1. The molecule has 2 rings (SSSR count). The maximum Gasteiger partial charge on any atom is 0.0780 e. The average Bonchev–Trinajstić information content (AvgIpc) is 2.25. The standard InChI is InChI=1S/C15H24O2/c1-9(2)11-5-6-12-14(17)7-13(16)10(3)15(12,4)8-11/h6,10-11,13-14,16-17H,1,5,7-8H2,2-4H3/t10-,11+,13?,14?,15+/m0/s1. The van der Waals surface area contributed by atoms with Gasteiger partial charge in [0.25, 0.3) is 0 Å². The molecule has 2 unspecified atom stereocenters. The minimum Gasteiger partial charge on any atom is -0.393 e. The zero-order valence-corrected chi connectivity index (χ0v) is 11.1. The SMILES string of the molecule is C=C(C)[C@@H]1CC=C2C(O)CC(O)[C@H](C)[C@@]2(C)C1. The van der Waals surface area contributed by atoms with Crippen molar-refractivity contribution in [3.63, 3.8) is 0 Å². The van der Waals surface area contributed by atoms with E-state index in [1.54, 1.807) is 0 Å². The Bertz CT molecular complexity index is 358. The van der Waals surface area contributed by atoms with Crippen molar-refractivity contribution in [2.45, 2.75) is 52.2 Å². The van der Waals surface area contributed by atoms with Gasteiger partial charge in [0.15, 0.2) is 0 Å². The van der Waals surface area contributed by atoms with Gasteiger partial charge >= 0.3 is 0 Å². The number of fused-ring (bicyclic) bond motifs is 1. The van der Waals surface area contributed by atoms with Gasteiger partial charge < -0.3 is 10.2 Å². The molecule has 1 saturated carbocycles. The summed E-state index contributed by atoms with van der Waals surface area (Å²) < 4.78 is 0. The van der Waals surface area contributed by atoms with Crippen molar-refractivity contribution in [2.24, 2.45) is 17.3 Å². The molecule has 1 fully saturated rings. The first-order valence-corrected chi connectivity index (χ1v) is 6.58. The molecule has 17 heavy (non-hydrogen) atoms. The molecule has 2 heteroatoms. The molecule has 0 saturated heterocycles. The largest absolute Gasteiger partial charge is 0.393 e. The average molecular weight is 236 g/mol. The van der Waals surface area contributed by atoms with Gasteiger partial charge in [-0.05, 0) is 42.6 Å². The predicted octanol–water partition coefficient (Wildman–Crippen LogP) is 2.67. The second kappa shape index (κ2) is 4.25. The molecule has 0 spiro atoms. The highest BCUT2D eigenvalue weighted by molar-refractivity contribution is 5.28. The fourth-order valence-electron chi connectivity index (χ4n) is 3.54. The molecule has 96 valence electrons. The molecule has 0 aromatic rings. The smallest absolute Gasteiger partial charge is 0.0780 e. The second-order valence-corrected chi connectivity index (χ2v) is 6.17. The molecule has 2 N–H and O–H groups in total. The van der Waals surface area contributed by atoms with Crippen LogP contribution in [0, 0.1) is 17.3 Å². The molecule has 0 aromatic heterocycles. The lowest BCUT2D eigenvalue weighted by Crippen LogP contribution is -2.48. The lowest BCUT2D eigenvalue weighted by atomic mass is 9.56. The Balaban J connectivity index is 2.35. The van der Waals surface area contributed by atoms with E-state index in [1.807, 2.05) is 0 Å². The molecular formula is C15H24O2. The van der Waals surface area contributed by atoms with Gasteiger partial charge in [0.1, 0.15) is 0 Å². The van der Waals surface area contributed by atoms with Crippen LogP contribution in [0.25, 0.3) is 0 Å². The number of rotatable bonds is 1. The maximum atomic E-state index is 10.1. The zero-order chi connectivity index (χ0) is 12.8. The number of allylic oxidation sites excluding steroid dienone is 2. The Morgan fingerprint density at radius 3 is 2.71 bits per heavy atom. The molecule has 2 aliphatic rings. The summed E-state index contributed by atoms with van der Waals surface area (Å²) >= 11 is 0. The number of hydrogen-bond donors (Lipinski definition) is 2. The summed E-state index contributed by atoms with van der Waals surface area (Å²) in [6, 6.07) is 0. The minimum atomic E-state index is -0.461. The van der Waals surface area contributed by atoms with E-state index >= 15 is 0 Å². The summed E-state index contributed by atoms with van der Waals surface area (Å²) in [5.41, 5.74) is 2.29. The highest BCUT2D eigenvalue weighted by Gasteiger charge is 2.48. The molecular weight excluding hydrogens is 212 g/mol. The lowest BCUT2D eigenvalue weighted by Gasteiger charge is -2.50. The van der Waals surface area contributed by atoms with Crippen LogP contribution < -0.4 is 0 Å². The fraction of sp³-hybridized carbons (Fsp3) is 0.733. The van der Waals surface area contributed by atoms with Gasteiger partial charge in [-0.25, -0.2) is 0 Å². The van der Waals surface area contributed by atoms with Gasteiger partial charge in [0.2, 0.25) is 0 Å². The molecule has 2 aliphatic carbocycles. The Hall–Kier alpha value is -0.600. The van der Waals surface area contributed by atoms with Crippen LogP contribution in [0.15, 0.2) is 23.8 Å². The number of hydrogen-bond acceptors (Lipinski definition) is 2. The van der Waals surface area contributed by atoms with Crippen LogP contribution in [0.1, 0.15) is 40.0 Å². The first-order valence-electron chi connectivity index (χ1n) is 6.58. The molecule has 0 amide bonds. The van der Waals surface area contributed by atoms with E-state index in [9.17, 15) is 10.2 Å². The number of aliphatic hydroxyl groups excluding tert-OH is 2. The van der Waals surface area contributed by atoms with Crippen LogP contribution >= 0.6 is 0 Å². The Morgan fingerprint density at radius 1 is 1.47 bits per heavy atom. The monoisotopic (exact) mass is 236 g/mol. The van der Waals surface area contributed by atoms with Gasteiger partial charge in [0, 0.05) is 6.42 Å². The van der Waals surface area contributed by atoms with E-state index < -0.39 is 12.2 Å². The molecule has 0 heterocycles. The van der Waals surface area contributed by atoms with Crippen molar-refractivity contribution in [3.8, 4) is 0 Å². The summed E-state index contributed by atoms with van der Waals surface area (Å²) in [6.45, 7) is 10.4. The van der Waals surface area contributed by atoms with Crippen LogP contribution in [-0.4, -0.2) is 22.4 Å². The first-order chi connectivity index (χ1) is 7.86.